The minimum absolute atomic E-state index is 0.157. The fourth-order valence-corrected chi connectivity index (χ4v) is 2.90. The van der Waals surface area contributed by atoms with E-state index in [-0.39, 0.29) is 11.6 Å². The highest BCUT2D eigenvalue weighted by Gasteiger charge is 2.31. The van der Waals surface area contributed by atoms with Crippen LogP contribution in [0.1, 0.15) is 57.9 Å². The zero-order valence-electron chi connectivity index (χ0n) is 13.6. The molecule has 2 unspecified atom stereocenters. The molecular formula is C16H29N3O. The SMILES string of the molecule is CCc1nn(C)cc1C1OCCCC1CNC(C)(C)C. The van der Waals surface area contributed by atoms with Gasteiger partial charge in [0.1, 0.15) is 0 Å². The molecule has 0 amide bonds. The van der Waals surface area contributed by atoms with Crippen LogP contribution in [0.15, 0.2) is 6.20 Å². The lowest BCUT2D eigenvalue weighted by molar-refractivity contribution is -0.0297. The summed E-state index contributed by atoms with van der Waals surface area (Å²) in [5, 5.41) is 8.19. The highest BCUT2D eigenvalue weighted by molar-refractivity contribution is 5.21. The quantitative estimate of drug-likeness (QED) is 0.921. The summed E-state index contributed by atoms with van der Waals surface area (Å²) in [7, 11) is 1.99. The van der Waals surface area contributed by atoms with Crippen molar-refractivity contribution in [3.05, 3.63) is 17.5 Å². The topological polar surface area (TPSA) is 39.1 Å². The van der Waals surface area contributed by atoms with Gasteiger partial charge in [-0.25, -0.2) is 0 Å². The summed E-state index contributed by atoms with van der Waals surface area (Å²) in [6.45, 7) is 10.7. The van der Waals surface area contributed by atoms with Crippen molar-refractivity contribution in [1.82, 2.24) is 15.1 Å². The fraction of sp³-hybridized carbons (Fsp3) is 0.812. The summed E-state index contributed by atoms with van der Waals surface area (Å²) < 4.78 is 8.02. The van der Waals surface area contributed by atoms with Crippen LogP contribution < -0.4 is 5.32 Å². The lowest BCUT2D eigenvalue weighted by atomic mass is 9.88. The Bertz CT molecular complexity index is 433. The van der Waals surface area contributed by atoms with Crippen molar-refractivity contribution in [2.45, 2.75) is 58.6 Å². The van der Waals surface area contributed by atoms with Crippen molar-refractivity contribution in [3.63, 3.8) is 0 Å². The van der Waals surface area contributed by atoms with E-state index in [4.69, 9.17) is 4.74 Å². The molecule has 1 aliphatic heterocycles. The molecule has 114 valence electrons. The number of aryl methyl sites for hydroxylation is 2. The molecule has 1 aliphatic rings. The number of hydrogen-bond acceptors (Lipinski definition) is 3. The summed E-state index contributed by atoms with van der Waals surface area (Å²) in [5.41, 5.74) is 2.63. The van der Waals surface area contributed by atoms with Gasteiger partial charge >= 0.3 is 0 Å². The standard InChI is InChI=1S/C16H29N3O/c1-6-14-13(11-19(5)18-14)15-12(8-7-9-20-15)10-17-16(2,3)4/h11-12,15,17H,6-10H2,1-5H3. The molecule has 0 spiro atoms. The summed E-state index contributed by atoms with van der Waals surface area (Å²) in [5.74, 6) is 0.539. The summed E-state index contributed by atoms with van der Waals surface area (Å²) in [6, 6.07) is 0. The van der Waals surface area contributed by atoms with Crippen LogP contribution in [0.3, 0.4) is 0 Å². The van der Waals surface area contributed by atoms with Crippen molar-refractivity contribution in [3.8, 4) is 0 Å². The fourth-order valence-electron chi connectivity index (χ4n) is 2.90. The van der Waals surface area contributed by atoms with Gasteiger partial charge in [0.15, 0.2) is 0 Å². The molecule has 1 aromatic rings. The van der Waals surface area contributed by atoms with Crippen molar-refractivity contribution in [1.29, 1.82) is 0 Å². The predicted octanol–water partition coefficient (Wildman–Crippen LogP) is 2.84. The molecule has 0 aliphatic carbocycles. The van der Waals surface area contributed by atoms with Crippen molar-refractivity contribution < 1.29 is 4.74 Å². The molecule has 0 saturated carbocycles. The number of nitrogens with zero attached hydrogens (tertiary/aromatic N) is 2. The van der Waals surface area contributed by atoms with Gasteiger partial charge in [0, 0.05) is 43.4 Å². The van der Waals surface area contributed by atoms with Gasteiger partial charge in [-0.3, -0.25) is 4.68 Å². The van der Waals surface area contributed by atoms with E-state index in [1.165, 1.54) is 17.7 Å². The van der Waals surface area contributed by atoms with Crippen LogP contribution >= 0.6 is 0 Å². The second-order valence-corrected chi connectivity index (χ2v) is 6.88. The van der Waals surface area contributed by atoms with E-state index in [1.54, 1.807) is 0 Å². The van der Waals surface area contributed by atoms with E-state index >= 15 is 0 Å². The molecule has 2 atom stereocenters. The molecule has 20 heavy (non-hydrogen) atoms. The number of aromatic nitrogens is 2. The van der Waals surface area contributed by atoms with Crippen LogP contribution in [0, 0.1) is 5.92 Å². The average Bonchev–Trinajstić information content (AvgIpc) is 2.77. The minimum atomic E-state index is 0.157. The number of ether oxygens (including phenoxy) is 1. The van der Waals surface area contributed by atoms with Gasteiger partial charge in [-0.15, -0.1) is 0 Å². The van der Waals surface area contributed by atoms with Gasteiger partial charge in [0.05, 0.1) is 11.8 Å². The molecular weight excluding hydrogens is 250 g/mol. The van der Waals surface area contributed by atoms with Gasteiger partial charge in [-0.1, -0.05) is 6.92 Å². The average molecular weight is 279 g/mol. The Kier molecular flexibility index (Phi) is 4.86. The van der Waals surface area contributed by atoms with E-state index in [9.17, 15) is 0 Å². The smallest absolute Gasteiger partial charge is 0.0898 e. The first kappa shape index (κ1) is 15.5. The molecule has 1 saturated heterocycles. The predicted molar refractivity (Wildman–Crippen MR) is 81.8 cm³/mol. The third-order valence-electron chi connectivity index (χ3n) is 3.92. The van der Waals surface area contributed by atoms with Gasteiger partial charge < -0.3 is 10.1 Å². The van der Waals surface area contributed by atoms with Gasteiger partial charge in [0.25, 0.3) is 0 Å². The van der Waals surface area contributed by atoms with E-state index in [0.717, 1.165) is 26.0 Å². The highest BCUT2D eigenvalue weighted by Crippen LogP contribution is 2.35. The van der Waals surface area contributed by atoms with Crippen molar-refractivity contribution >= 4 is 0 Å². The molecule has 0 radical (unpaired) electrons. The zero-order valence-corrected chi connectivity index (χ0v) is 13.6. The van der Waals surface area contributed by atoms with Crippen LogP contribution in [0.5, 0.6) is 0 Å². The minimum Gasteiger partial charge on any atom is -0.373 e. The van der Waals surface area contributed by atoms with Crippen molar-refractivity contribution in [2.24, 2.45) is 13.0 Å². The first-order chi connectivity index (χ1) is 9.40. The molecule has 0 bridgehead atoms. The maximum Gasteiger partial charge on any atom is 0.0898 e. The Labute approximate surface area is 122 Å². The second kappa shape index (κ2) is 6.27. The maximum atomic E-state index is 6.10. The van der Waals surface area contributed by atoms with Crippen LogP contribution in [-0.2, 0) is 18.2 Å². The first-order valence-corrected chi connectivity index (χ1v) is 7.79. The first-order valence-electron chi connectivity index (χ1n) is 7.79. The largest absolute Gasteiger partial charge is 0.373 e. The summed E-state index contributed by atoms with van der Waals surface area (Å²) in [6.07, 6.45) is 5.69. The monoisotopic (exact) mass is 279 g/mol. The molecule has 0 aromatic carbocycles. The molecule has 1 aromatic heterocycles. The molecule has 4 heteroatoms. The van der Waals surface area contributed by atoms with Crippen molar-refractivity contribution in [2.75, 3.05) is 13.2 Å². The van der Waals surface area contributed by atoms with Crippen LogP contribution in [0.25, 0.3) is 0 Å². The summed E-state index contributed by atoms with van der Waals surface area (Å²) >= 11 is 0. The third-order valence-corrected chi connectivity index (χ3v) is 3.92. The number of hydrogen-bond donors (Lipinski definition) is 1. The molecule has 2 heterocycles. The molecule has 2 rings (SSSR count). The van der Waals surface area contributed by atoms with Gasteiger partial charge in [-0.2, -0.15) is 5.10 Å². The number of rotatable bonds is 4. The van der Waals surface area contributed by atoms with Crippen LogP contribution in [0.4, 0.5) is 0 Å². The van der Waals surface area contributed by atoms with Crippen LogP contribution in [-0.4, -0.2) is 28.5 Å². The second-order valence-electron chi connectivity index (χ2n) is 6.88. The van der Waals surface area contributed by atoms with Crippen LogP contribution in [0.2, 0.25) is 0 Å². The number of nitrogens with one attached hydrogen (secondary N) is 1. The Morgan fingerprint density at radius 2 is 2.20 bits per heavy atom. The molecule has 4 nitrogen and oxygen atoms in total. The summed E-state index contributed by atoms with van der Waals surface area (Å²) in [4.78, 5) is 0. The Hall–Kier alpha value is -0.870. The van der Waals surface area contributed by atoms with E-state index < -0.39 is 0 Å². The third kappa shape index (κ3) is 3.83. The lowest BCUT2D eigenvalue weighted by Crippen LogP contribution is -2.41. The zero-order chi connectivity index (χ0) is 14.8. The molecule has 1 fully saturated rings. The van der Waals surface area contributed by atoms with Gasteiger partial charge in [0.2, 0.25) is 0 Å². The van der Waals surface area contributed by atoms with E-state index in [0.29, 0.717) is 5.92 Å². The van der Waals surface area contributed by atoms with E-state index in [2.05, 4.69) is 44.3 Å². The molecule has 1 N–H and O–H groups in total. The van der Waals surface area contributed by atoms with E-state index in [1.807, 2.05) is 11.7 Å². The Morgan fingerprint density at radius 1 is 1.45 bits per heavy atom. The lowest BCUT2D eigenvalue weighted by Gasteiger charge is -2.34. The normalized spacial score (nSPS) is 24.1. The Morgan fingerprint density at radius 3 is 2.85 bits per heavy atom. The Balaban J connectivity index is 2.13. The van der Waals surface area contributed by atoms with Gasteiger partial charge in [-0.05, 0) is 40.0 Å². The maximum absolute atomic E-state index is 6.10. The highest BCUT2D eigenvalue weighted by atomic mass is 16.5.